The van der Waals surface area contributed by atoms with Gasteiger partial charge in [0.25, 0.3) is 0 Å². The maximum atomic E-state index is 12.3. The van der Waals surface area contributed by atoms with E-state index in [0.29, 0.717) is 10.7 Å². The molecule has 20 heavy (non-hydrogen) atoms. The number of carbonyl (C=O) groups excluding carboxylic acids is 1. The monoisotopic (exact) mass is 415 g/mol. The van der Waals surface area contributed by atoms with Gasteiger partial charge in [0.1, 0.15) is 0 Å². The molecule has 1 unspecified atom stereocenters. The molecule has 3 rings (SSSR count). The summed E-state index contributed by atoms with van der Waals surface area (Å²) in [5.74, 6) is 0.00862. The highest BCUT2D eigenvalue weighted by Crippen LogP contribution is 2.37. The zero-order valence-electron chi connectivity index (χ0n) is 10.4. The number of rotatable bonds is 2. The van der Waals surface area contributed by atoms with E-state index >= 15 is 0 Å². The van der Waals surface area contributed by atoms with Gasteiger partial charge in [-0.25, -0.2) is 0 Å². The van der Waals surface area contributed by atoms with Crippen molar-refractivity contribution in [2.24, 2.45) is 0 Å². The van der Waals surface area contributed by atoms with Crippen molar-refractivity contribution in [2.75, 3.05) is 5.32 Å². The first-order chi connectivity index (χ1) is 9.63. The molecule has 2 aromatic carbocycles. The summed E-state index contributed by atoms with van der Waals surface area (Å²) in [5, 5.41) is 3.41. The lowest BCUT2D eigenvalue weighted by molar-refractivity contribution is -0.115. The highest BCUT2D eigenvalue weighted by molar-refractivity contribution is 14.1. The van der Waals surface area contributed by atoms with Crippen LogP contribution in [0.4, 0.5) is 5.69 Å². The van der Waals surface area contributed by atoms with Gasteiger partial charge in [0.05, 0.1) is 16.0 Å². The van der Waals surface area contributed by atoms with Gasteiger partial charge in [-0.05, 0) is 58.8 Å². The van der Waals surface area contributed by atoms with Crippen LogP contribution in [0.5, 0.6) is 0 Å². The number of fused-ring (bicyclic) bond motifs is 1. The second-order valence-electron chi connectivity index (χ2n) is 4.53. The summed E-state index contributed by atoms with van der Waals surface area (Å²) in [7, 11) is 0. The van der Waals surface area contributed by atoms with E-state index in [1.807, 2.05) is 30.3 Å². The normalized spacial score (nSPS) is 16.8. The van der Waals surface area contributed by atoms with E-state index in [1.165, 1.54) is 10.5 Å². The molecule has 0 spiro atoms. The third-order valence-electron chi connectivity index (χ3n) is 3.13. The molecule has 0 bridgehead atoms. The molecule has 0 radical (unpaired) electrons. The minimum Gasteiger partial charge on any atom is -0.324 e. The van der Waals surface area contributed by atoms with E-state index in [-0.39, 0.29) is 11.2 Å². The third kappa shape index (κ3) is 2.97. The summed E-state index contributed by atoms with van der Waals surface area (Å²) in [6, 6.07) is 13.8. The predicted octanol–water partition coefficient (Wildman–Crippen LogP) is 4.60. The maximum absolute atomic E-state index is 12.3. The van der Waals surface area contributed by atoms with Gasteiger partial charge in [-0.15, -0.1) is 11.8 Å². The molecule has 1 N–H and O–H groups in total. The molecule has 0 aliphatic carbocycles. The third-order valence-corrected chi connectivity index (χ3v) is 5.43. The van der Waals surface area contributed by atoms with E-state index in [9.17, 15) is 4.79 Å². The highest BCUT2D eigenvalue weighted by atomic mass is 127. The Bertz CT molecular complexity index is 652. The number of carbonyl (C=O) groups is 1. The van der Waals surface area contributed by atoms with E-state index in [1.54, 1.807) is 11.8 Å². The Morgan fingerprint density at radius 1 is 1.30 bits per heavy atom. The van der Waals surface area contributed by atoms with Crippen LogP contribution in [0, 0.1) is 3.57 Å². The molecule has 1 aliphatic heterocycles. The zero-order valence-corrected chi connectivity index (χ0v) is 14.1. The fourth-order valence-electron chi connectivity index (χ4n) is 2.13. The Labute approximate surface area is 140 Å². The lowest BCUT2D eigenvalue weighted by Crippen LogP contribution is -2.24. The molecule has 102 valence electrons. The van der Waals surface area contributed by atoms with Crippen LogP contribution in [0.2, 0.25) is 5.02 Å². The van der Waals surface area contributed by atoms with Crippen LogP contribution < -0.4 is 5.32 Å². The van der Waals surface area contributed by atoms with E-state index in [0.717, 1.165) is 9.99 Å². The van der Waals surface area contributed by atoms with Gasteiger partial charge in [-0.1, -0.05) is 29.8 Å². The van der Waals surface area contributed by atoms with E-state index in [4.69, 9.17) is 11.6 Å². The number of thioether (sulfide) groups is 1. The van der Waals surface area contributed by atoms with Gasteiger partial charge in [-0.3, -0.25) is 4.79 Å². The lowest BCUT2D eigenvalue weighted by atomic mass is 10.1. The Morgan fingerprint density at radius 3 is 2.85 bits per heavy atom. The minimum atomic E-state index is -0.0808. The summed E-state index contributed by atoms with van der Waals surface area (Å²) in [4.78, 5) is 13.5. The Hall–Kier alpha value is -0.720. The van der Waals surface area contributed by atoms with Crippen LogP contribution in [-0.2, 0) is 11.2 Å². The summed E-state index contributed by atoms with van der Waals surface area (Å²) in [5.41, 5.74) is 1.92. The first kappa shape index (κ1) is 14.2. The average molecular weight is 416 g/mol. The molecular formula is C15H11ClINOS. The molecule has 0 saturated carbocycles. The van der Waals surface area contributed by atoms with Crippen molar-refractivity contribution >= 4 is 57.5 Å². The van der Waals surface area contributed by atoms with E-state index in [2.05, 4.69) is 40.0 Å². The van der Waals surface area contributed by atoms with Crippen molar-refractivity contribution < 1.29 is 4.79 Å². The summed E-state index contributed by atoms with van der Waals surface area (Å²) >= 11 is 9.95. The minimum absolute atomic E-state index is 0.00862. The smallest absolute Gasteiger partial charge is 0.238 e. The molecule has 5 heteroatoms. The van der Waals surface area contributed by atoms with Crippen LogP contribution in [-0.4, -0.2) is 11.2 Å². The summed E-state index contributed by atoms with van der Waals surface area (Å²) in [6.45, 7) is 0. The standard InChI is InChI=1S/C15H11ClINOS/c16-11-8-10(17)5-6-12(11)18-15(19)14-7-9-3-1-2-4-13(9)20-14/h1-6,8,14H,7H2,(H,18,19). The summed E-state index contributed by atoms with van der Waals surface area (Å²) in [6.07, 6.45) is 0.772. The molecule has 2 nitrogen and oxygen atoms in total. The molecule has 0 saturated heterocycles. The molecule has 0 aromatic heterocycles. The highest BCUT2D eigenvalue weighted by Gasteiger charge is 2.28. The average Bonchev–Trinajstić information content (AvgIpc) is 2.86. The largest absolute Gasteiger partial charge is 0.324 e. The number of halogens is 2. The molecule has 1 heterocycles. The molecule has 1 amide bonds. The number of hydrogen-bond donors (Lipinski definition) is 1. The van der Waals surface area contributed by atoms with Gasteiger partial charge in [-0.2, -0.15) is 0 Å². The topological polar surface area (TPSA) is 29.1 Å². The number of anilines is 1. The first-order valence-corrected chi connectivity index (χ1v) is 8.47. The van der Waals surface area contributed by atoms with Crippen molar-refractivity contribution in [1.29, 1.82) is 0 Å². The maximum Gasteiger partial charge on any atom is 0.238 e. The van der Waals surface area contributed by atoms with Gasteiger partial charge < -0.3 is 5.32 Å². The number of hydrogen-bond acceptors (Lipinski definition) is 2. The van der Waals surface area contributed by atoms with Crippen molar-refractivity contribution in [2.45, 2.75) is 16.6 Å². The number of nitrogens with one attached hydrogen (secondary N) is 1. The fraction of sp³-hybridized carbons (Fsp3) is 0.133. The van der Waals surface area contributed by atoms with Gasteiger partial charge in [0.15, 0.2) is 0 Å². The van der Waals surface area contributed by atoms with Gasteiger partial charge >= 0.3 is 0 Å². The van der Waals surface area contributed by atoms with Crippen molar-refractivity contribution in [3.63, 3.8) is 0 Å². The van der Waals surface area contributed by atoms with E-state index < -0.39 is 0 Å². The lowest BCUT2D eigenvalue weighted by Gasteiger charge is -2.11. The quantitative estimate of drug-likeness (QED) is 0.726. The second-order valence-corrected chi connectivity index (χ2v) is 7.43. The molecule has 1 atom stereocenters. The molecule has 2 aromatic rings. The molecule has 1 aliphatic rings. The fourth-order valence-corrected chi connectivity index (χ4v) is 4.23. The second kappa shape index (κ2) is 5.95. The van der Waals surface area contributed by atoms with Crippen LogP contribution in [0.1, 0.15) is 5.56 Å². The first-order valence-electron chi connectivity index (χ1n) is 6.14. The zero-order chi connectivity index (χ0) is 14.1. The SMILES string of the molecule is O=C(Nc1ccc(I)cc1Cl)C1Cc2ccccc2S1. The van der Waals surface area contributed by atoms with Crippen LogP contribution >= 0.6 is 46.0 Å². The Morgan fingerprint density at radius 2 is 2.10 bits per heavy atom. The van der Waals surface area contributed by atoms with Crippen LogP contribution in [0.3, 0.4) is 0 Å². The van der Waals surface area contributed by atoms with Crippen molar-refractivity contribution in [3.05, 3.63) is 56.6 Å². The number of benzene rings is 2. The summed E-state index contributed by atoms with van der Waals surface area (Å²) < 4.78 is 1.05. The van der Waals surface area contributed by atoms with Crippen molar-refractivity contribution in [3.8, 4) is 0 Å². The predicted molar refractivity (Wildman–Crippen MR) is 92.6 cm³/mol. The van der Waals surface area contributed by atoms with Gasteiger partial charge in [0.2, 0.25) is 5.91 Å². The van der Waals surface area contributed by atoms with Crippen LogP contribution in [0.15, 0.2) is 47.4 Å². The van der Waals surface area contributed by atoms with Crippen LogP contribution in [0.25, 0.3) is 0 Å². The van der Waals surface area contributed by atoms with Gasteiger partial charge in [0, 0.05) is 8.47 Å². The molecule has 0 fully saturated rings. The Balaban J connectivity index is 1.72. The van der Waals surface area contributed by atoms with Crippen molar-refractivity contribution in [1.82, 2.24) is 0 Å². The molecular weight excluding hydrogens is 405 g/mol. The number of amides is 1. The Kier molecular flexibility index (Phi) is 4.23.